The SMILES string of the molecule is O=C(COc1cc(F)ccc1[N+](=O)[O-])Nc1cccc2ncccc12. The molecule has 0 aliphatic rings. The lowest BCUT2D eigenvalue weighted by Crippen LogP contribution is -2.20. The Kier molecular flexibility index (Phi) is 4.51. The number of halogens is 1. The first-order chi connectivity index (χ1) is 12.0. The van der Waals surface area contributed by atoms with Gasteiger partial charge in [0.15, 0.2) is 6.61 Å². The molecule has 0 bridgehead atoms. The highest BCUT2D eigenvalue weighted by Crippen LogP contribution is 2.27. The molecule has 0 unspecified atom stereocenters. The molecule has 1 amide bonds. The van der Waals surface area contributed by atoms with Gasteiger partial charge in [0.25, 0.3) is 5.91 Å². The molecule has 0 spiro atoms. The second-order valence-electron chi connectivity index (χ2n) is 5.08. The van der Waals surface area contributed by atoms with Crippen LogP contribution in [0.15, 0.2) is 54.7 Å². The van der Waals surface area contributed by atoms with E-state index in [0.29, 0.717) is 11.2 Å². The quantitative estimate of drug-likeness (QED) is 0.567. The summed E-state index contributed by atoms with van der Waals surface area (Å²) in [5.74, 6) is -1.53. The van der Waals surface area contributed by atoms with Gasteiger partial charge in [-0.3, -0.25) is 19.9 Å². The predicted octanol–water partition coefficient (Wildman–Crippen LogP) is 3.30. The van der Waals surface area contributed by atoms with Crippen LogP contribution in [-0.4, -0.2) is 22.4 Å². The first-order valence-electron chi connectivity index (χ1n) is 7.25. The first-order valence-corrected chi connectivity index (χ1v) is 7.25. The zero-order valence-electron chi connectivity index (χ0n) is 12.8. The Bertz CT molecular complexity index is 956. The number of aromatic nitrogens is 1. The summed E-state index contributed by atoms with van der Waals surface area (Å²) in [5, 5.41) is 14.3. The third kappa shape index (κ3) is 3.69. The van der Waals surface area contributed by atoms with E-state index < -0.39 is 28.9 Å². The fourth-order valence-corrected chi connectivity index (χ4v) is 2.30. The van der Waals surface area contributed by atoms with Crippen molar-refractivity contribution in [1.29, 1.82) is 0 Å². The van der Waals surface area contributed by atoms with Crippen molar-refractivity contribution < 1.29 is 18.8 Å². The summed E-state index contributed by atoms with van der Waals surface area (Å²) < 4.78 is 18.4. The molecule has 3 rings (SSSR count). The number of ether oxygens (including phenoxy) is 1. The molecule has 1 N–H and O–H groups in total. The van der Waals surface area contributed by atoms with E-state index in [1.165, 1.54) is 0 Å². The van der Waals surface area contributed by atoms with Crippen LogP contribution in [0.2, 0.25) is 0 Å². The molecule has 0 aliphatic heterocycles. The smallest absolute Gasteiger partial charge is 0.311 e. The van der Waals surface area contributed by atoms with Gasteiger partial charge in [-0.05, 0) is 30.3 Å². The largest absolute Gasteiger partial charge is 0.477 e. The highest BCUT2D eigenvalue weighted by molar-refractivity contribution is 6.01. The maximum atomic E-state index is 13.2. The van der Waals surface area contributed by atoms with Crippen LogP contribution in [0.1, 0.15) is 0 Å². The zero-order chi connectivity index (χ0) is 17.8. The van der Waals surface area contributed by atoms with E-state index in [1.54, 1.807) is 36.5 Å². The molecule has 0 saturated carbocycles. The summed E-state index contributed by atoms with van der Waals surface area (Å²) in [6.45, 7) is -0.499. The number of amides is 1. The van der Waals surface area contributed by atoms with Crippen LogP contribution in [0.4, 0.5) is 15.8 Å². The third-order valence-electron chi connectivity index (χ3n) is 3.40. The Morgan fingerprint density at radius 1 is 1.24 bits per heavy atom. The van der Waals surface area contributed by atoms with Crippen LogP contribution in [0.25, 0.3) is 10.9 Å². The molecule has 25 heavy (non-hydrogen) atoms. The number of nitro benzene ring substituents is 1. The Labute approximate surface area is 141 Å². The van der Waals surface area contributed by atoms with E-state index in [-0.39, 0.29) is 5.75 Å². The number of hydrogen-bond donors (Lipinski definition) is 1. The summed E-state index contributed by atoms with van der Waals surface area (Å²) in [6.07, 6.45) is 1.64. The standard InChI is InChI=1S/C17H12FN3O4/c18-11-6-7-15(21(23)24)16(9-11)25-10-17(22)20-14-5-1-4-13-12(14)3-2-8-19-13/h1-9H,10H2,(H,20,22). The number of pyridine rings is 1. The van der Waals surface area contributed by atoms with Gasteiger partial charge >= 0.3 is 5.69 Å². The molecular weight excluding hydrogens is 329 g/mol. The summed E-state index contributed by atoms with van der Waals surface area (Å²) in [7, 11) is 0. The summed E-state index contributed by atoms with van der Waals surface area (Å²) in [5.41, 5.74) is 0.832. The van der Waals surface area contributed by atoms with Crippen LogP contribution >= 0.6 is 0 Å². The van der Waals surface area contributed by atoms with Crippen LogP contribution in [-0.2, 0) is 4.79 Å². The average Bonchev–Trinajstić information content (AvgIpc) is 2.60. The van der Waals surface area contributed by atoms with Gasteiger partial charge in [0, 0.05) is 23.7 Å². The minimum absolute atomic E-state index is 0.306. The van der Waals surface area contributed by atoms with Crippen molar-refractivity contribution in [1.82, 2.24) is 4.98 Å². The Balaban J connectivity index is 1.73. The average molecular weight is 341 g/mol. The van der Waals surface area contributed by atoms with Gasteiger partial charge in [0.05, 0.1) is 16.1 Å². The Morgan fingerprint density at radius 2 is 2.08 bits per heavy atom. The van der Waals surface area contributed by atoms with E-state index in [0.717, 1.165) is 23.6 Å². The minimum atomic E-state index is -0.705. The van der Waals surface area contributed by atoms with Gasteiger partial charge in [-0.1, -0.05) is 6.07 Å². The van der Waals surface area contributed by atoms with Crippen molar-refractivity contribution >= 4 is 28.2 Å². The molecule has 1 heterocycles. The zero-order valence-corrected chi connectivity index (χ0v) is 12.8. The first kappa shape index (κ1) is 16.3. The second kappa shape index (κ2) is 6.91. The van der Waals surface area contributed by atoms with Crippen molar-refractivity contribution in [3.05, 3.63) is 70.7 Å². The van der Waals surface area contributed by atoms with Crippen molar-refractivity contribution in [2.45, 2.75) is 0 Å². The molecule has 1 aromatic heterocycles. The van der Waals surface area contributed by atoms with Crippen molar-refractivity contribution in [2.24, 2.45) is 0 Å². The number of nitro groups is 1. The highest BCUT2D eigenvalue weighted by atomic mass is 19.1. The van der Waals surface area contributed by atoms with Gasteiger partial charge in [-0.15, -0.1) is 0 Å². The number of rotatable bonds is 5. The Morgan fingerprint density at radius 3 is 2.88 bits per heavy atom. The number of fused-ring (bicyclic) bond motifs is 1. The van der Waals surface area contributed by atoms with Crippen molar-refractivity contribution in [3.63, 3.8) is 0 Å². The summed E-state index contributed by atoms with van der Waals surface area (Å²) >= 11 is 0. The van der Waals surface area contributed by atoms with E-state index in [2.05, 4.69) is 10.3 Å². The molecule has 0 aliphatic carbocycles. The van der Waals surface area contributed by atoms with Crippen molar-refractivity contribution in [2.75, 3.05) is 11.9 Å². The third-order valence-corrected chi connectivity index (χ3v) is 3.40. The lowest BCUT2D eigenvalue weighted by molar-refractivity contribution is -0.385. The molecule has 0 fully saturated rings. The predicted molar refractivity (Wildman–Crippen MR) is 88.9 cm³/mol. The fourth-order valence-electron chi connectivity index (χ4n) is 2.30. The fraction of sp³-hybridized carbons (Fsp3) is 0.0588. The molecule has 3 aromatic rings. The van der Waals surface area contributed by atoms with E-state index >= 15 is 0 Å². The van der Waals surface area contributed by atoms with Crippen LogP contribution in [0.5, 0.6) is 5.75 Å². The molecule has 0 radical (unpaired) electrons. The van der Waals surface area contributed by atoms with E-state index in [1.807, 2.05) is 0 Å². The van der Waals surface area contributed by atoms with Crippen LogP contribution < -0.4 is 10.1 Å². The number of carbonyl (C=O) groups is 1. The van der Waals surface area contributed by atoms with Gasteiger partial charge in [0.1, 0.15) is 5.82 Å². The van der Waals surface area contributed by atoms with Gasteiger partial charge in [-0.2, -0.15) is 0 Å². The number of nitrogens with zero attached hydrogens (tertiary/aromatic N) is 2. The molecule has 126 valence electrons. The highest BCUT2D eigenvalue weighted by Gasteiger charge is 2.17. The maximum absolute atomic E-state index is 13.2. The molecule has 7 nitrogen and oxygen atoms in total. The van der Waals surface area contributed by atoms with Crippen molar-refractivity contribution in [3.8, 4) is 5.75 Å². The number of nitrogens with one attached hydrogen (secondary N) is 1. The number of hydrogen-bond acceptors (Lipinski definition) is 5. The molecular formula is C17H12FN3O4. The molecule has 0 atom stereocenters. The lowest BCUT2D eigenvalue weighted by Gasteiger charge is -2.09. The normalized spacial score (nSPS) is 10.4. The summed E-state index contributed by atoms with van der Waals surface area (Å²) in [4.78, 5) is 26.5. The summed E-state index contributed by atoms with van der Waals surface area (Å²) in [6, 6.07) is 11.6. The topological polar surface area (TPSA) is 94.4 Å². The maximum Gasteiger partial charge on any atom is 0.311 e. The van der Waals surface area contributed by atoms with Crippen LogP contribution in [0, 0.1) is 15.9 Å². The molecule has 8 heteroatoms. The second-order valence-corrected chi connectivity index (χ2v) is 5.08. The molecule has 2 aromatic carbocycles. The minimum Gasteiger partial charge on any atom is -0.477 e. The van der Waals surface area contributed by atoms with Gasteiger partial charge < -0.3 is 10.1 Å². The number of benzene rings is 2. The number of anilines is 1. The Hall–Kier alpha value is -3.55. The lowest BCUT2D eigenvalue weighted by atomic mass is 10.2. The van der Waals surface area contributed by atoms with Gasteiger partial charge in [0.2, 0.25) is 5.75 Å². The van der Waals surface area contributed by atoms with Crippen LogP contribution in [0.3, 0.4) is 0 Å². The van der Waals surface area contributed by atoms with Gasteiger partial charge in [-0.25, -0.2) is 4.39 Å². The van der Waals surface area contributed by atoms with E-state index in [9.17, 15) is 19.3 Å². The monoisotopic (exact) mass is 341 g/mol. The number of carbonyl (C=O) groups excluding carboxylic acids is 1. The van der Waals surface area contributed by atoms with E-state index in [4.69, 9.17) is 4.74 Å². The molecule has 0 saturated heterocycles.